The van der Waals surface area contributed by atoms with Gasteiger partial charge in [0.05, 0.1) is 17.2 Å². The Morgan fingerprint density at radius 2 is 1.12 bits per heavy atom. The molecule has 0 aliphatic heterocycles. The second-order valence-electron chi connectivity index (χ2n) is 4.91. The van der Waals surface area contributed by atoms with Crippen molar-refractivity contribution in [2.24, 2.45) is 0 Å². The first-order valence-corrected chi connectivity index (χ1v) is 7.33. The number of carbonyl (C=O) groups is 3. The van der Waals surface area contributed by atoms with E-state index in [-0.39, 0.29) is 6.10 Å². The minimum absolute atomic E-state index is 0.225. The van der Waals surface area contributed by atoms with Gasteiger partial charge >= 0.3 is 18.1 Å². The van der Waals surface area contributed by atoms with Crippen LogP contribution in [0.4, 0.5) is 4.79 Å². The lowest BCUT2D eigenvalue weighted by Crippen LogP contribution is -2.11. The van der Waals surface area contributed by atoms with Crippen molar-refractivity contribution in [2.75, 3.05) is 0 Å². The predicted molar refractivity (Wildman–Crippen MR) is 88.0 cm³/mol. The maximum atomic E-state index is 11.5. The second kappa shape index (κ2) is 10.4. The fraction of sp³-hybridized carbons (Fsp3) is 0.167. The summed E-state index contributed by atoms with van der Waals surface area (Å²) in [5.74, 6) is -1.42. The van der Waals surface area contributed by atoms with Gasteiger partial charge in [0.1, 0.15) is 0 Å². The summed E-state index contributed by atoms with van der Waals surface area (Å²) in [5.41, 5.74) is 0.636. The molecule has 0 fully saturated rings. The predicted octanol–water partition coefficient (Wildman–Crippen LogP) is 3.70. The number of carbonyl (C=O) groups excluding carboxylic acids is 2. The Morgan fingerprint density at radius 3 is 1.36 bits per heavy atom. The van der Waals surface area contributed by atoms with Crippen molar-refractivity contribution < 1.29 is 34.0 Å². The fourth-order valence-corrected chi connectivity index (χ4v) is 1.52. The van der Waals surface area contributed by atoms with Crippen LogP contribution in [0, 0.1) is 0 Å². The first kappa shape index (κ1) is 19.7. The van der Waals surface area contributed by atoms with Crippen LogP contribution in [-0.4, -0.2) is 29.3 Å². The number of carboxylic acid groups (broad SMARTS) is 1. The van der Waals surface area contributed by atoms with Crippen molar-refractivity contribution >= 4 is 18.1 Å². The van der Waals surface area contributed by atoms with Crippen LogP contribution in [0.25, 0.3) is 0 Å². The number of hydrogen-bond donors (Lipinski definition) is 1. The summed E-state index contributed by atoms with van der Waals surface area (Å²) >= 11 is 0. The van der Waals surface area contributed by atoms with E-state index in [1.54, 1.807) is 74.5 Å². The monoisotopic (exact) mass is 346 g/mol. The van der Waals surface area contributed by atoms with E-state index < -0.39 is 18.1 Å². The topological polar surface area (TPSA) is 99.1 Å². The molecular weight excluding hydrogens is 328 g/mol. The van der Waals surface area contributed by atoms with Crippen molar-refractivity contribution in [3.63, 3.8) is 0 Å². The number of hydrogen-bond acceptors (Lipinski definition) is 6. The van der Waals surface area contributed by atoms with Gasteiger partial charge in [0.2, 0.25) is 0 Å². The molecule has 0 unspecified atom stereocenters. The number of ether oxygens (including phenoxy) is 1. The Hall–Kier alpha value is -3.35. The van der Waals surface area contributed by atoms with Crippen molar-refractivity contribution in [1.29, 1.82) is 0 Å². The smallest absolute Gasteiger partial charge is 0.450 e. The molecule has 2 aromatic carbocycles. The van der Waals surface area contributed by atoms with Gasteiger partial charge in [0.15, 0.2) is 0 Å². The molecule has 7 heteroatoms. The van der Waals surface area contributed by atoms with E-state index in [1.807, 2.05) is 0 Å². The lowest BCUT2D eigenvalue weighted by Gasteiger charge is -2.02. The summed E-state index contributed by atoms with van der Waals surface area (Å²) in [7, 11) is 0. The highest BCUT2D eigenvalue weighted by atomic mass is 17.2. The molecule has 2 rings (SSSR count). The van der Waals surface area contributed by atoms with Crippen LogP contribution in [0.5, 0.6) is 0 Å². The quantitative estimate of drug-likeness (QED) is 0.514. The molecule has 0 bridgehead atoms. The molecule has 0 aliphatic rings. The first-order valence-electron chi connectivity index (χ1n) is 7.33. The first-order chi connectivity index (χ1) is 11.9. The molecule has 0 radical (unpaired) electrons. The van der Waals surface area contributed by atoms with E-state index in [0.717, 1.165) is 0 Å². The zero-order valence-electron chi connectivity index (χ0n) is 13.7. The van der Waals surface area contributed by atoms with Gasteiger partial charge in [-0.2, -0.15) is 0 Å². The van der Waals surface area contributed by atoms with Gasteiger partial charge in [0.25, 0.3) is 0 Å². The van der Waals surface area contributed by atoms with E-state index in [4.69, 9.17) is 5.11 Å². The standard InChI is InChI=1S/C14H10O4.C4H8O3/c15-13(11-7-3-1-4-8-11)17-18-14(16)12-9-5-2-6-10-12;1-3(2)7-4(5)6/h1-10H;3H,1-2H3,(H,5,6). The normalized spacial score (nSPS) is 9.40. The summed E-state index contributed by atoms with van der Waals surface area (Å²) < 4.78 is 4.17. The van der Waals surface area contributed by atoms with Crippen LogP contribution in [-0.2, 0) is 14.5 Å². The minimum Gasteiger partial charge on any atom is -0.450 e. The summed E-state index contributed by atoms with van der Waals surface area (Å²) in [4.78, 5) is 41.5. The summed E-state index contributed by atoms with van der Waals surface area (Å²) in [5, 5.41) is 7.86. The molecule has 25 heavy (non-hydrogen) atoms. The highest BCUT2D eigenvalue weighted by Gasteiger charge is 2.12. The number of rotatable bonds is 3. The maximum Gasteiger partial charge on any atom is 0.506 e. The lowest BCUT2D eigenvalue weighted by molar-refractivity contribution is -0.187. The molecule has 0 heterocycles. The molecule has 0 saturated heterocycles. The van der Waals surface area contributed by atoms with Crippen LogP contribution in [0.2, 0.25) is 0 Å². The minimum atomic E-state index is -1.21. The Labute approximate surface area is 144 Å². The van der Waals surface area contributed by atoms with Crippen LogP contribution in [0.1, 0.15) is 34.6 Å². The SMILES string of the molecule is CC(C)OC(=O)O.O=C(OOC(=O)c1ccccc1)c1ccccc1. The van der Waals surface area contributed by atoms with Crippen LogP contribution in [0.3, 0.4) is 0 Å². The third-order valence-corrected chi connectivity index (χ3v) is 2.55. The van der Waals surface area contributed by atoms with Gasteiger partial charge in [-0.3, -0.25) is 0 Å². The van der Waals surface area contributed by atoms with Crippen LogP contribution >= 0.6 is 0 Å². The Kier molecular flexibility index (Phi) is 8.22. The second-order valence-corrected chi connectivity index (χ2v) is 4.91. The molecule has 0 aromatic heterocycles. The molecule has 0 amide bonds. The van der Waals surface area contributed by atoms with Crippen LogP contribution < -0.4 is 0 Å². The Bertz CT molecular complexity index is 630. The average Bonchev–Trinajstić information content (AvgIpc) is 2.60. The van der Waals surface area contributed by atoms with Gasteiger partial charge in [-0.1, -0.05) is 36.4 Å². The zero-order chi connectivity index (χ0) is 18.7. The van der Waals surface area contributed by atoms with Crippen molar-refractivity contribution in [2.45, 2.75) is 20.0 Å². The molecule has 132 valence electrons. The summed E-state index contributed by atoms with van der Waals surface area (Å²) in [6.07, 6.45) is -1.44. The van der Waals surface area contributed by atoms with Crippen molar-refractivity contribution in [3.8, 4) is 0 Å². The lowest BCUT2D eigenvalue weighted by atomic mass is 10.2. The largest absolute Gasteiger partial charge is 0.506 e. The van der Waals surface area contributed by atoms with E-state index in [9.17, 15) is 14.4 Å². The van der Waals surface area contributed by atoms with Crippen molar-refractivity contribution in [1.82, 2.24) is 0 Å². The van der Waals surface area contributed by atoms with Crippen molar-refractivity contribution in [3.05, 3.63) is 71.8 Å². The van der Waals surface area contributed by atoms with E-state index in [2.05, 4.69) is 14.5 Å². The molecule has 0 atom stereocenters. The summed E-state index contributed by atoms with van der Waals surface area (Å²) in [6, 6.07) is 16.6. The van der Waals surface area contributed by atoms with Gasteiger partial charge in [-0.25, -0.2) is 24.2 Å². The molecule has 0 saturated carbocycles. The molecular formula is C18H18O7. The molecule has 2 aromatic rings. The van der Waals surface area contributed by atoms with E-state index >= 15 is 0 Å². The van der Waals surface area contributed by atoms with Gasteiger partial charge < -0.3 is 9.84 Å². The number of benzene rings is 2. The molecule has 0 aliphatic carbocycles. The molecule has 7 nitrogen and oxygen atoms in total. The van der Waals surface area contributed by atoms with E-state index in [1.165, 1.54) is 0 Å². The molecule has 0 spiro atoms. The fourth-order valence-electron chi connectivity index (χ4n) is 1.52. The molecule has 1 N–H and O–H groups in total. The van der Waals surface area contributed by atoms with Gasteiger partial charge in [-0.05, 0) is 38.1 Å². The van der Waals surface area contributed by atoms with Crippen LogP contribution in [0.15, 0.2) is 60.7 Å². The maximum absolute atomic E-state index is 11.5. The highest BCUT2D eigenvalue weighted by molar-refractivity contribution is 5.92. The third kappa shape index (κ3) is 8.17. The summed E-state index contributed by atoms with van der Waals surface area (Å²) in [6.45, 7) is 3.32. The zero-order valence-corrected chi connectivity index (χ0v) is 13.7. The third-order valence-electron chi connectivity index (χ3n) is 2.55. The van der Waals surface area contributed by atoms with Gasteiger partial charge in [0, 0.05) is 0 Å². The van der Waals surface area contributed by atoms with Gasteiger partial charge in [-0.15, -0.1) is 0 Å². The highest BCUT2D eigenvalue weighted by Crippen LogP contribution is 2.05. The Balaban J connectivity index is 0.000000381. The Morgan fingerprint density at radius 1 is 0.760 bits per heavy atom. The average molecular weight is 346 g/mol. The van der Waals surface area contributed by atoms with E-state index in [0.29, 0.717) is 11.1 Å².